The van der Waals surface area contributed by atoms with Crippen LogP contribution in [0.2, 0.25) is 0 Å². The Morgan fingerprint density at radius 1 is 0.844 bits per heavy atom. The van der Waals surface area contributed by atoms with Crippen LogP contribution in [0.1, 0.15) is 59.1 Å². The van der Waals surface area contributed by atoms with Crippen LogP contribution in [0.3, 0.4) is 0 Å². The number of carbonyl (C=O) groups is 2. The van der Waals surface area contributed by atoms with Gasteiger partial charge in [-0.1, -0.05) is 59.7 Å². The first-order valence-electron chi connectivity index (χ1n) is 10.7. The SMILES string of the molecule is CCC(C)(C)c1ccc(OCC(=O)NNC(=O)COc2ccc(C(C)(C)C)cc2Br)cc1. The summed E-state index contributed by atoms with van der Waals surface area (Å²) in [6.07, 6.45) is 1.03. The first kappa shape index (κ1) is 25.7. The standard InChI is InChI=1S/C25H33BrN2O4/c1-7-25(5,6)17-8-11-19(12-9-17)31-15-22(29)27-28-23(30)16-32-21-13-10-18(14-20(21)26)24(2,3)4/h8-14H,7,15-16H2,1-6H3,(H,27,29)(H,28,30). The third kappa shape index (κ3) is 7.55. The van der Waals surface area contributed by atoms with Crippen molar-refractivity contribution in [2.24, 2.45) is 0 Å². The molecule has 0 aromatic heterocycles. The zero-order valence-electron chi connectivity index (χ0n) is 19.7. The lowest BCUT2D eigenvalue weighted by atomic mass is 9.82. The topological polar surface area (TPSA) is 76.7 Å². The van der Waals surface area contributed by atoms with Crippen molar-refractivity contribution in [2.75, 3.05) is 13.2 Å². The van der Waals surface area contributed by atoms with Gasteiger partial charge in [0.25, 0.3) is 11.8 Å². The molecular weight excluding hydrogens is 472 g/mol. The molecule has 0 radical (unpaired) electrons. The molecule has 0 unspecified atom stereocenters. The smallest absolute Gasteiger partial charge is 0.276 e. The van der Waals surface area contributed by atoms with Gasteiger partial charge in [-0.25, -0.2) is 0 Å². The molecule has 0 saturated carbocycles. The lowest BCUT2D eigenvalue weighted by Gasteiger charge is -2.23. The summed E-state index contributed by atoms with van der Waals surface area (Å²) in [5, 5.41) is 0. The summed E-state index contributed by atoms with van der Waals surface area (Å²) in [4.78, 5) is 23.9. The quantitative estimate of drug-likeness (QED) is 0.493. The highest BCUT2D eigenvalue weighted by Gasteiger charge is 2.18. The van der Waals surface area contributed by atoms with Gasteiger partial charge in [-0.3, -0.25) is 20.4 Å². The predicted octanol–water partition coefficient (Wildman–Crippen LogP) is 5.04. The molecule has 7 heteroatoms. The second-order valence-electron chi connectivity index (χ2n) is 9.33. The Labute approximate surface area is 199 Å². The zero-order chi connectivity index (χ0) is 23.9. The maximum absolute atomic E-state index is 12.0. The molecule has 2 rings (SSSR count). The second kappa shape index (κ2) is 10.9. The molecule has 174 valence electrons. The molecule has 2 amide bonds. The highest BCUT2D eigenvalue weighted by molar-refractivity contribution is 9.10. The third-order valence-electron chi connectivity index (χ3n) is 5.39. The lowest BCUT2D eigenvalue weighted by Crippen LogP contribution is -2.45. The van der Waals surface area contributed by atoms with Gasteiger partial charge in [-0.2, -0.15) is 0 Å². The van der Waals surface area contributed by atoms with E-state index in [2.05, 4.69) is 68.3 Å². The number of amides is 2. The maximum Gasteiger partial charge on any atom is 0.276 e. The van der Waals surface area contributed by atoms with Crippen molar-refractivity contribution in [1.82, 2.24) is 10.9 Å². The van der Waals surface area contributed by atoms with Gasteiger partial charge < -0.3 is 9.47 Å². The minimum absolute atomic E-state index is 0.0128. The molecular formula is C25H33BrN2O4. The number of benzene rings is 2. The molecule has 6 nitrogen and oxygen atoms in total. The van der Waals surface area contributed by atoms with Crippen LogP contribution in [0.5, 0.6) is 11.5 Å². The Kier molecular flexibility index (Phi) is 8.73. The fourth-order valence-corrected chi connectivity index (χ4v) is 3.29. The number of halogens is 1. The van der Waals surface area contributed by atoms with E-state index in [1.165, 1.54) is 5.56 Å². The summed E-state index contributed by atoms with van der Waals surface area (Å²) >= 11 is 3.47. The molecule has 2 aromatic rings. The Bertz CT molecular complexity index is 934. The van der Waals surface area contributed by atoms with Crippen LogP contribution in [0.4, 0.5) is 0 Å². The van der Waals surface area contributed by atoms with Gasteiger partial charge in [0, 0.05) is 0 Å². The molecule has 0 aliphatic rings. The van der Waals surface area contributed by atoms with Crippen molar-refractivity contribution in [3.8, 4) is 11.5 Å². The number of hydrogen-bond acceptors (Lipinski definition) is 4. The van der Waals surface area contributed by atoms with Gasteiger partial charge >= 0.3 is 0 Å². The highest BCUT2D eigenvalue weighted by Crippen LogP contribution is 2.31. The van der Waals surface area contributed by atoms with E-state index in [-0.39, 0.29) is 24.0 Å². The Balaban J connectivity index is 1.75. The summed E-state index contributed by atoms with van der Waals surface area (Å²) in [5.74, 6) is 0.204. The molecule has 32 heavy (non-hydrogen) atoms. The molecule has 2 aromatic carbocycles. The average molecular weight is 505 g/mol. The van der Waals surface area contributed by atoms with Crippen molar-refractivity contribution in [1.29, 1.82) is 0 Å². The van der Waals surface area contributed by atoms with E-state index < -0.39 is 11.8 Å². The highest BCUT2D eigenvalue weighted by atomic mass is 79.9. The lowest BCUT2D eigenvalue weighted by molar-refractivity contribution is -0.131. The van der Waals surface area contributed by atoms with Crippen LogP contribution >= 0.6 is 15.9 Å². The van der Waals surface area contributed by atoms with Crippen molar-refractivity contribution < 1.29 is 19.1 Å². The minimum Gasteiger partial charge on any atom is -0.484 e. The number of carbonyl (C=O) groups excluding carboxylic acids is 2. The summed E-state index contributed by atoms with van der Waals surface area (Å²) in [7, 11) is 0. The van der Waals surface area contributed by atoms with Crippen molar-refractivity contribution in [2.45, 2.75) is 58.8 Å². The van der Waals surface area contributed by atoms with Crippen LogP contribution in [-0.2, 0) is 20.4 Å². The second-order valence-corrected chi connectivity index (χ2v) is 10.2. The molecule has 2 N–H and O–H groups in total. The van der Waals surface area contributed by atoms with E-state index >= 15 is 0 Å². The average Bonchev–Trinajstić information content (AvgIpc) is 2.75. The van der Waals surface area contributed by atoms with Gasteiger partial charge in [0.05, 0.1) is 4.47 Å². The Morgan fingerprint density at radius 2 is 1.38 bits per heavy atom. The van der Waals surface area contributed by atoms with Crippen LogP contribution in [0.25, 0.3) is 0 Å². The largest absolute Gasteiger partial charge is 0.484 e. The van der Waals surface area contributed by atoms with Crippen LogP contribution in [0, 0.1) is 0 Å². The van der Waals surface area contributed by atoms with Crippen molar-refractivity contribution in [3.05, 3.63) is 58.1 Å². The molecule has 0 heterocycles. The van der Waals surface area contributed by atoms with E-state index in [9.17, 15) is 9.59 Å². The van der Waals surface area contributed by atoms with Crippen molar-refractivity contribution >= 4 is 27.7 Å². The monoisotopic (exact) mass is 504 g/mol. The van der Waals surface area contributed by atoms with E-state index in [1.54, 1.807) is 0 Å². The van der Waals surface area contributed by atoms with Crippen LogP contribution in [0.15, 0.2) is 46.9 Å². The fraction of sp³-hybridized carbons (Fsp3) is 0.440. The summed E-state index contributed by atoms with van der Waals surface area (Å²) < 4.78 is 11.8. The third-order valence-corrected chi connectivity index (χ3v) is 6.01. The molecule has 0 fully saturated rings. The van der Waals surface area contributed by atoms with Crippen LogP contribution in [-0.4, -0.2) is 25.0 Å². The predicted molar refractivity (Wildman–Crippen MR) is 130 cm³/mol. The van der Waals surface area contributed by atoms with E-state index in [0.29, 0.717) is 11.5 Å². The van der Waals surface area contributed by atoms with E-state index in [4.69, 9.17) is 9.47 Å². The number of hydrazine groups is 1. The first-order chi connectivity index (χ1) is 14.9. The molecule has 0 spiro atoms. The minimum atomic E-state index is -0.476. The van der Waals surface area contributed by atoms with Gasteiger partial charge in [0.15, 0.2) is 13.2 Å². The number of ether oxygens (including phenoxy) is 2. The summed E-state index contributed by atoms with van der Waals surface area (Å²) in [6.45, 7) is 12.4. The van der Waals surface area contributed by atoms with Crippen molar-refractivity contribution in [3.63, 3.8) is 0 Å². The summed E-state index contributed by atoms with van der Waals surface area (Å²) in [5.41, 5.74) is 7.11. The van der Waals surface area contributed by atoms with Crippen LogP contribution < -0.4 is 20.3 Å². The molecule has 0 atom stereocenters. The molecule has 0 bridgehead atoms. The number of rotatable bonds is 8. The van der Waals surface area contributed by atoms with Gasteiger partial charge in [0.1, 0.15) is 11.5 Å². The fourth-order valence-electron chi connectivity index (χ4n) is 2.79. The summed E-state index contributed by atoms with van der Waals surface area (Å²) in [6, 6.07) is 13.4. The normalized spacial score (nSPS) is 11.6. The molecule has 0 aliphatic heterocycles. The maximum atomic E-state index is 12.0. The molecule has 0 saturated heterocycles. The Morgan fingerprint density at radius 3 is 1.88 bits per heavy atom. The van der Waals surface area contributed by atoms with Gasteiger partial charge in [0.2, 0.25) is 0 Å². The molecule has 0 aliphatic carbocycles. The van der Waals surface area contributed by atoms with Gasteiger partial charge in [-0.15, -0.1) is 0 Å². The first-order valence-corrected chi connectivity index (χ1v) is 11.5. The van der Waals surface area contributed by atoms with E-state index in [1.807, 2.05) is 42.5 Å². The zero-order valence-corrected chi connectivity index (χ0v) is 21.3. The van der Waals surface area contributed by atoms with Gasteiger partial charge in [-0.05, 0) is 68.6 Å². The van der Waals surface area contributed by atoms with E-state index in [0.717, 1.165) is 16.5 Å². The Hall–Kier alpha value is -2.54. The number of nitrogens with one attached hydrogen (secondary N) is 2. The number of hydrogen-bond donors (Lipinski definition) is 2.